The number of carbonyl (C=O) groups is 2. The first-order valence-corrected chi connectivity index (χ1v) is 5.73. The van der Waals surface area contributed by atoms with Gasteiger partial charge in [0.05, 0.1) is 12.0 Å². The number of carboxylic acids is 1. The van der Waals surface area contributed by atoms with Crippen molar-refractivity contribution in [3.63, 3.8) is 0 Å². The molecule has 0 aromatic heterocycles. The third-order valence-electron chi connectivity index (χ3n) is 3.18. The highest BCUT2D eigenvalue weighted by atomic mass is 35.5. The van der Waals surface area contributed by atoms with Crippen LogP contribution in [0.25, 0.3) is 0 Å². The Labute approximate surface area is 108 Å². The number of amides is 1. The maximum atomic E-state index is 13.8. The van der Waals surface area contributed by atoms with Crippen molar-refractivity contribution in [3.8, 4) is 0 Å². The molecule has 1 aliphatic heterocycles. The molecule has 96 valence electrons. The fraction of sp³-hybridized carbons (Fsp3) is 0.333. The molecule has 1 aromatic rings. The number of carbonyl (C=O) groups excluding carboxylic acids is 1. The van der Waals surface area contributed by atoms with E-state index in [1.165, 1.54) is 30.1 Å². The van der Waals surface area contributed by atoms with Crippen LogP contribution in [0.1, 0.15) is 18.0 Å². The Morgan fingerprint density at radius 2 is 2.22 bits per heavy atom. The number of halogens is 2. The molecule has 0 saturated carbocycles. The molecule has 0 aliphatic carbocycles. The topological polar surface area (TPSA) is 57.6 Å². The van der Waals surface area contributed by atoms with Gasteiger partial charge in [-0.25, -0.2) is 4.39 Å². The summed E-state index contributed by atoms with van der Waals surface area (Å²) in [7, 11) is 1.47. The zero-order valence-corrected chi connectivity index (χ0v) is 10.3. The number of aliphatic carboxylic acids is 1. The molecular formula is C12H11ClFNO3. The molecule has 1 aromatic carbocycles. The SMILES string of the molecule is CN1C(=O)CC(C(=O)O)C1c1cc(Cl)ccc1F. The van der Waals surface area contributed by atoms with E-state index < -0.39 is 23.7 Å². The second-order valence-electron chi connectivity index (χ2n) is 4.26. The van der Waals surface area contributed by atoms with Gasteiger partial charge in [0.25, 0.3) is 0 Å². The van der Waals surface area contributed by atoms with Crippen molar-refractivity contribution in [2.45, 2.75) is 12.5 Å². The number of nitrogens with zero attached hydrogens (tertiary/aromatic N) is 1. The minimum atomic E-state index is -1.11. The number of benzene rings is 1. The van der Waals surface area contributed by atoms with Gasteiger partial charge in [0.15, 0.2) is 0 Å². The van der Waals surface area contributed by atoms with E-state index in [9.17, 15) is 14.0 Å². The summed E-state index contributed by atoms with van der Waals surface area (Å²) in [5.74, 6) is -2.93. The lowest BCUT2D eigenvalue weighted by atomic mass is 9.93. The highest BCUT2D eigenvalue weighted by Gasteiger charge is 2.43. The molecule has 0 bridgehead atoms. The molecule has 2 unspecified atom stereocenters. The van der Waals surface area contributed by atoms with E-state index in [0.29, 0.717) is 5.02 Å². The predicted molar refractivity (Wildman–Crippen MR) is 62.7 cm³/mol. The Kier molecular flexibility index (Phi) is 3.26. The third-order valence-corrected chi connectivity index (χ3v) is 3.42. The fourth-order valence-corrected chi connectivity index (χ4v) is 2.44. The lowest BCUT2D eigenvalue weighted by Gasteiger charge is -2.23. The minimum Gasteiger partial charge on any atom is -0.481 e. The Morgan fingerprint density at radius 3 is 2.83 bits per heavy atom. The second kappa shape index (κ2) is 4.57. The summed E-state index contributed by atoms with van der Waals surface area (Å²) in [6, 6.07) is 3.11. The van der Waals surface area contributed by atoms with Crippen molar-refractivity contribution in [2.75, 3.05) is 7.05 Å². The third kappa shape index (κ3) is 2.06. The normalized spacial score (nSPS) is 23.5. The fourth-order valence-electron chi connectivity index (χ4n) is 2.26. The van der Waals surface area contributed by atoms with Crippen LogP contribution < -0.4 is 0 Å². The average molecular weight is 272 g/mol. The molecule has 1 heterocycles. The van der Waals surface area contributed by atoms with Crippen LogP contribution in [0.3, 0.4) is 0 Å². The van der Waals surface area contributed by atoms with Crippen molar-refractivity contribution in [3.05, 3.63) is 34.6 Å². The van der Waals surface area contributed by atoms with Gasteiger partial charge in [-0.3, -0.25) is 9.59 Å². The lowest BCUT2D eigenvalue weighted by molar-refractivity contribution is -0.142. The smallest absolute Gasteiger partial charge is 0.309 e. The summed E-state index contributed by atoms with van der Waals surface area (Å²) >= 11 is 5.79. The standard InChI is InChI=1S/C12H11ClFNO3/c1-15-10(16)5-8(12(17)18)11(15)7-4-6(13)2-3-9(7)14/h2-4,8,11H,5H2,1H3,(H,17,18). The highest BCUT2D eigenvalue weighted by Crippen LogP contribution is 2.38. The van der Waals surface area contributed by atoms with Crippen molar-refractivity contribution >= 4 is 23.5 Å². The summed E-state index contributed by atoms with van der Waals surface area (Å²) in [4.78, 5) is 24.0. The van der Waals surface area contributed by atoms with Crippen LogP contribution in [0.4, 0.5) is 4.39 Å². The summed E-state index contributed by atoms with van der Waals surface area (Å²) in [5, 5.41) is 9.42. The van der Waals surface area contributed by atoms with Crippen LogP contribution in [0.15, 0.2) is 18.2 Å². The van der Waals surface area contributed by atoms with E-state index in [1.54, 1.807) is 0 Å². The zero-order valence-electron chi connectivity index (χ0n) is 9.56. The second-order valence-corrected chi connectivity index (χ2v) is 4.70. The molecule has 1 aliphatic rings. The van der Waals surface area contributed by atoms with Crippen molar-refractivity contribution in [1.29, 1.82) is 0 Å². The lowest BCUT2D eigenvalue weighted by Crippen LogP contribution is -2.27. The van der Waals surface area contributed by atoms with Gasteiger partial charge in [-0.15, -0.1) is 0 Å². The van der Waals surface area contributed by atoms with Crippen molar-refractivity contribution < 1.29 is 19.1 Å². The summed E-state index contributed by atoms with van der Waals surface area (Å²) < 4.78 is 13.8. The Hall–Kier alpha value is -1.62. The average Bonchev–Trinajstić information content (AvgIpc) is 2.60. The minimum absolute atomic E-state index is 0.123. The first-order valence-electron chi connectivity index (χ1n) is 5.35. The molecule has 0 radical (unpaired) electrons. The van der Waals surface area contributed by atoms with Crippen LogP contribution in [0, 0.1) is 11.7 Å². The molecule has 0 spiro atoms. The van der Waals surface area contributed by atoms with Gasteiger partial charge in [-0.2, -0.15) is 0 Å². The van der Waals surface area contributed by atoms with E-state index in [-0.39, 0.29) is 17.9 Å². The van der Waals surface area contributed by atoms with Gasteiger partial charge >= 0.3 is 5.97 Å². The summed E-state index contributed by atoms with van der Waals surface area (Å²) in [6.45, 7) is 0. The van der Waals surface area contributed by atoms with E-state index in [4.69, 9.17) is 16.7 Å². The van der Waals surface area contributed by atoms with Gasteiger partial charge in [0, 0.05) is 24.1 Å². The van der Waals surface area contributed by atoms with E-state index in [2.05, 4.69) is 0 Å². The monoisotopic (exact) mass is 271 g/mol. The van der Waals surface area contributed by atoms with Gasteiger partial charge in [0.1, 0.15) is 5.82 Å². The molecule has 1 saturated heterocycles. The van der Waals surface area contributed by atoms with Gasteiger partial charge in [-0.05, 0) is 18.2 Å². The number of hydrogen-bond donors (Lipinski definition) is 1. The van der Waals surface area contributed by atoms with E-state index >= 15 is 0 Å². The predicted octanol–water partition coefficient (Wildman–Crippen LogP) is 2.08. The number of rotatable bonds is 2. The Morgan fingerprint density at radius 1 is 1.56 bits per heavy atom. The number of hydrogen-bond acceptors (Lipinski definition) is 2. The maximum absolute atomic E-state index is 13.8. The maximum Gasteiger partial charge on any atom is 0.309 e. The Bertz CT molecular complexity index is 520. The molecule has 6 heteroatoms. The molecule has 1 amide bonds. The van der Waals surface area contributed by atoms with Crippen LogP contribution >= 0.6 is 11.6 Å². The molecule has 1 N–H and O–H groups in total. The van der Waals surface area contributed by atoms with Gasteiger partial charge in [0.2, 0.25) is 5.91 Å². The summed E-state index contributed by atoms with van der Waals surface area (Å²) in [5.41, 5.74) is 0.142. The molecule has 4 nitrogen and oxygen atoms in total. The Balaban J connectivity index is 2.49. The number of likely N-dealkylation sites (tertiary alicyclic amines) is 1. The van der Waals surface area contributed by atoms with Crippen molar-refractivity contribution in [1.82, 2.24) is 4.90 Å². The number of carboxylic acid groups (broad SMARTS) is 1. The first-order chi connectivity index (χ1) is 8.41. The van der Waals surface area contributed by atoms with Crippen molar-refractivity contribution in [2.24, 2.45) is 5.92 Å². The van der Waals surface area contributed by atoms with Crippen LogP contribution in [0.2, 0.25) is 5.02 Å². The van der Waals surface area contributed by atoms with Gasteiger partial charge in [-0.1, -0.05) is 11.6 Å². The molecular weight excluding hydrogens is 261 g/mol. The first kappa shape index (κ1) is 12.8. The molecule has 18 heavy (non-hydrogen) atoms. The van der Waals surface area contributed by atoms with Gasteiger partial charge < -0.3 is 10.0 Å². The quantitative estimate of drug-likeness (QED) is 0.896. The highest BCUT2D eigenvalue weighted by molar-refractivity contribution is 6.30. The van der Waals surface area contributed by atoms with Crippen LogP contribution in [-0.2, 0) is 9.59 Å². The summed E-state index contributed by atoms with van der Waals surface area (Å²) in [6.07, 6.45) is -0.123. The van der Waals surface area contributed by atoms with E-state index in [1.807, 2.05) is 0 Å². The van der Waals surface area contributed by atoms with Crippen LogP contribution in [-0.4, -0.2) is 28.9 Å². The molecule has 2 atom stereocenters. The largest absolute Gasteiger partial charge is 0.481 e. The zero-order chi connectivity index (χ0) is 13.4. The van der Waals surface area contributed by atoms with E-state index in [0.717, 1.165) is 0 Å². The molecule has 1 fully saturated rings. The van der Waals surface area contributed by atoms with Crippen LogP contribution in [0.5, 0.6) is 0 Å². The molecule has 2 rings (SSSR count).